The van der Waals surface area contributed by atoms with Crippen LogP contribution in [-0.2, 0) is 6.54 Å². The third-order valence-corrected chi connectivity index (χ3v) is 3.45. The molecule has 2 aromatic carbocycles. The van der Waals surface area contributed by atoms with E-state index in [1.165, 1.54) is 6.07 Å². The highest BCUT2D eigenvalue weighted by Gasteiger charge is 2.11. The van der Waals surface area contributed by atoms with Crippen molar-refractivity contribution in [3.8, 4) is 5.75 Å². The molecular weight excluding hydrogens is 277 g/mol. The minimum Gasteiger partial charge on any atom is -0.496 e. The Morgan fingerprint density at radius 3 is 2.70 bits per heavy atom. The van der Waals surface area contributed by atoms with Crippen LogP contribution in [0.2, 0.25) is 5.02 Å². The molecule has 2 nitrogen and oxygen atoms in total. The molecule has 1 unspecified atom stereocenters. The first-order chi connectivity index (χ1) is 9.61. The largest absolute Gasteiger partial charge is 0.496 e. The quantitative estimate of drug-likeness (QED) is 0.885. The van der Waals surface area contributed by atoms with Gasteiger partial charge in [-0.25, -0.2) is 4.39 Å². The number of nitrogens with one attached hydrogen (secondary N) is 1. The summed E-state index contributed by atoms with van der Waals surface area (Å²) in [6.07, 6.45) is 0. The molecule has 0 heterocycles. The third-order valence-electron chi connectivity index (χ3n) is 3.21. The smallest absolute Gasteiger partial charge is 0.127 e. The van der Waals surface area contributed by atoms with Gasteiger partial charge >= 0.3 is 0 Å². The molecule has 1 atom stereocenters. The van der Waals surface area contributed by atoms with E-state index in [-0.39, 0.29) is 11.9 Å². The molecule has 106 valence electrons. The molecule has 2 aromatic rings. The Balaban J connectivity index is 2.09. The topological polar surface area (TPSA) is 21.3 Å². The van der Waals surface area contributed by atoms with Gasteiger partial charge in [0.05, 0.1) is 7.11 Å². The van der Waals surface area contributed by atoms with Gasteiger partial charge in [-0.3, -0.25) is 0 Å². The lowest BCUT2D eigenvalue weighted by molar-refractivity contribution is 0.405. The summed E-state index contributed by atoms with van der Waals surface area (Å²) in [6, 6.07) is 12.1. The van der Waals surface area contributed by atoms with Gasteiger partial charge in [0, 0.05) is 28.7 Å². The van der Waals surface area contributed by atoms with Crippen molar-refractivity contribution in [3.63, 3.8) is 0 Å². The maximum Gasteiger partial charge on any atom is 0.127 e. The number of hydrogen-bond acceptors (Lipinski definition) is 2. The van der Waals surface area contributed by atoms with Crippen molar-refractivity contribution in [3.05, 3.63) is 64.4 Å². The van der Waals surface area contributed by atoms with Gasteiger partial charge in [0.15, 0.2) is 0 Å². The first-order valence-corrected chi connectivity index (χ1v) is 6.80. The Bertz CT molecular complexity index is 588. The van der Waals surface area contributed by atoms with Gasteiger partial charge in [0.1, 0.15) is 11.6 Å². The van der Waals surface area contributed by atoms with E-state index in [4.69, 9.17) is 16.3 Å². The van der Waals surface area contributed by atoms with E-state index in [0.717, 1.165) is 11.3 Å². The van der Waals surface area contributed by atoms with Crippen molar-refractivity contribution in [2.75, 3.05) is 7.11 Å². The highest BCUT2D eigenvalue weighted by atomic mass is 35.5. The van der Waals surface area contributed by atoms with Gasteiger partial charge in [-0.05, 0) is 31.2 Å². The SMILES string of the molecule is COc1ccc(Cl)cc1CNC(C)c1ccccc1F. The Kier molecular flexibility index (Phi) is 4.99. The maximum atomic E-state index is 13.7. The fraction of sp³-hybridized carbons (Fsp3) is 0.250. The van der Waals surface area contributed by atoms with Gasteiger partial charge in [-0.1, -0.05) is 29.8 Å². The van der Waals surface area contributed by atoms with Gasteiger partial charge in [0.2, 0.25) is 0 Å². The fourth-order valence-electron chi connectivity index (χ4n) is 2.08. The van der Waals surface area contributed by atoms with Crippen molar-refractivity contribution in [1.29, 1.82) is 0 Å². The predicted octanol–water partition coefficient (Wildman–Crippen LogP) is 4.34. The summed E-state index contributed by atoms with van der Waals surface area (Å²) < 4.78 is 19.0. The zero-order chi connectivity index (χ0) is 14.5. The number of halogens is 2. The normalized spacial score (nSPS) is 12.2. The maximum absolute atomic E-state index is 13.7. The van der Waals surface area contributed by atoms with Crippen molar-refractivity contribution >= 4 is 11.6 Å². The molecular formula is C16H17ClFNO. The minimum absolute atomic E-state index is 0.0973. The van der Waals surface area contributed by atoms with Crippen LogP contribution in [-0.4, -0.2) is 7.11 Å². The summed E-state index contributed by atoms with van der Waals surface area (Å²) in [5.41, 5.74) is 1.59. The number of ether oxygens (including phenoxy) is 1. The first kappa shape index (κ1) is 14.8. The molecule has 4 heteroatoms. The van der Waals surface area contributed by atoms with Crippen LogP contribution in [0.25, 0.3) is 0 Å². The van der Waals surface area contributed by atoms with Crippen LogP contribution in [0.1, 0.15) is 24.1 Å². The van der Waals surface area contributed by atoms with Crippen LogP contribution in [0.3, 0.4) is 0 Å². The monoisotopic (exact) mass is 293 g/mol. The number of rotatable bonds is 5. The Morgan fingerprint density at radius 1 is 1.25 bits per heavy atom. The molecule has 2 rings (SSSR count). The lowest BCUT2D eigenvalue weighted by Crippen LogP contribution is -2.19. The molecule has 0 aliphatic rings. The molecule has 0 bridgehead atoms. The second-order valence-electron chi connectivity index (χ2n) is 4.58. The summed E-state index contributed by atoms with van der Waals surface area (Å²) in [5.74, 6) is 0.563. The molecule has 0 saturated carbocycles. The Labute approximate surface area is 123 Å². The molecule has 20 heavy (non-hydrogen) atoms. The van der Waals surface area contributed by atoms with Crippen molar-refractivity contribution in [2.24, 2.45) is 0 Å². The van der Waals surface area contributed by atoms with Crippen molar-refractivity contribution in [1.82, 2.24) is 5.32 Å². The zero-order valence-corrected chi connectivity index (χ0v) is 12.2. The molecule has 0 fully saturated rings. The molecule has 0 aliphatic carbocycles. The van der Waals surface area contributed by atoms with E-state index >= 15 is 0 Å². The Hall–Kier alpha value is -1.58. The van der Waals surface area contributed by atoms with Crippen LogP contribution in [0.4, 0.5) is 4.39 Å². The minimum atomic E-state index is -0.203. The van der Waals surface area contributed by atoms with Crippen LogP contribution in [0.5, 0.6) is 5.75 Å². The van der Waals surface area contributed by atoms with Crippen LogP contribution in [0, 0.1) is 5.82 Å². The standard InChI is InChI=1S/C16H17ClFNO/c1-11(14-5-3-4-6-15(14)18)19-10-12-9-13(17)7-8-16(12)20-2/h3-9,11,19H,10H2,1-2H3. The zero-order valence-electron chi connectivity index (χ0n) is 11.5. The van der Waals surface area contributed by atoms with Gasteiger partial charge in [-0.2, -0.15) is 0 Å². The molecule has 0 radical (unpaired) electrons. The second-order valence-corrected chi connectivity index (χ2v) is 5.02. The van der Waals surface area contributed by atoms with Crippen LogP contribution < -0.4 is 10.1 Å². The third kappa shape index (κ3) is 3.50. The Morgan fingerprint density at radius 2 is 2.00 bits per heavy atom. The number of benzene rings is 2. The van der Waals surface area contributed by atoms with Crippen molar-refractivity contribution in [2.45, 2.75) is 19.5 Å². The van der Waals surface area contributed by atoms with E-state index in [1.54, 1.807) is 25.3 Å². The summed E-state index contributed by atoms with van der Waals surface area (Å²) in [4.78, 5) is 0. The fourth-order valence-corrected chi connectivity index (χ4v) is 2.28. The molecule has 0 aliphatic heterocycles. The van der Waals surface area contributed by atoms with Gasteiger partial charge in [-0.15, -0.1) is 0 Å². The average Bonchev–Trinajstić information content (AvgIpc) is 2.45. The molecule has 0 amide bonds. The predicted molar refractivity (Wildman–Crippen MR) is 79.7 cm³/mol. The number of hydrogen-bond donors (Lipinski definition) is 1. The molecule has 0 aromatic heterocycles. The van der Waals surface area contributed by atoms with Crippen LogP contribution >= 0.6 is 11.6 Å². The highest BCUT2D eigenvalue weighted by molar-refractivity contribution is 6.30. The molecule has 0 spiro atoms. The average molecular weight is 294 g/mol. The number of methoxy groups -OCH3 is 1. The second kappa shape index (κ2) is 6.73. The van der Waals surface area contributed by atoms with Crippen LogP contribution in [0.15, 0.2) is 42.5 Å². The van der Waals surface area contributed by atoms with E-state index in [1.807, 2.05) is 25.1 Å². The lowest BCUT2D eigenvalue weighted by Gasteiger charge is -2.16. The van der Waals surface area contributed by atoms with E-state index in [9.17, 15) is 4.39 Å². The lowest BCUT2D eigenvalue weighted by atomic mass is 10.1. The first-order valence-electron chi connectivity index (χ1n) is 6.42. The summed E-state index contributed by atoms with van der Waals surface area (Å²) >= 11 is 5.99. The van der Waals surface area contributed by atoms with E-state index < -0.39 is 0 Å². The van der Waals surface area contributed by atoms with Gasteiger partial charge < -0.3 is 10.1 Å². The van der Waals surface area contributed by atoms with Crippen molar-refractivity contribution < 1.29 is 9.13 Å². The summed E-state index contributed by atoms with van der Waals surface area (Å²) in [6.45, 7) is 2.48. The summed E-state index contributed by atoms with van der Waals surface area (Å²) in [5, 5.41) is 3.93. The summed E-state index contributed by atoms with van der Waals surface area (Å²) in [7, 11) is 1.62. The van der Waals surface area contributed by atoms with E-state index in [0.29, 0.717) is 17.1 Å². The van der Waals surface area contributed by atoms with E-state index in [2.05, 4.69) is 5.32 Å². The molecule has 1 N–H and O–H groups in total. The molecule has 0 saturated heterocycles. The van der Waals surface area contributed by atoms with Gasteiger partial charge in [0.25, 0.3) is 0 Å². The highest BCUT2D eigenvalue weighted by Crippen LogP contribution is 2.24.